The van der Waals surface area contributed by atoms with Gasteiger partial charge in [-0.3, -0.25) is 4.98 Å². The van der Waals surface area contributed by atoms with E-state index in [1.165, 1.54) is 0 Å². The van der Waals surface area contributed by atoms with E-state index in [1.807, 2.05) is 51.2 Å². The van der Waals surface area contributed by atoms with Crippen LogP contribution in [0, 0.1) is 0 Å². The average Bonchev–Trinajstić information content (AvgIpc) is 2.34. The first-order valence-corrected chi connectivity index (χ1v) is 6.88. The van der Waals surface area contributed by atoms with Gasteiger partial charge in [0.2, 0.25) is 0 Å². The highest BCUT2D eigenvalue weighted by atomic mass is 32.2. The predicted molar refractivity (Wildman–Crippen MR) is 77.2 cm³/mol. The standard InChI is InChI=1S/C14H16N2OS/c1-14(2,3)18(17)16-10-12-9-15-8-11-6-4-5-7-13(11)12/h4-10H,1-3H3. The molecule has 1 aromatic heterocycles. The molecule has 0 radical (unpaired) electrons. The normalized spacial score (nSPS) is 14.2. The maximum Gasteiger partial charge on any atom is 0.144 e. The van der Waals surface area contributed by atoms with Crippen LogP contribution in [0.15, 0.2) is 41.1 Å². The molecule has 3 nitrogen and oxygen atoms in total. The van der Waals surface area contributed by atoms with Gasteiger partial charge in [0.25, 0.3) is 0 Å². The predicted octanol–water partition coefficient (Wildman–Crippen LogP) is 3.12. The fourth-order valence-electron chi connectivity index (χ4n) is 1.51. The highest BCUT2D eigenvalue weighted by Gasteiger charge is 2.18. The maximum absolute atomic E-state index is 11.9. The van der Waals surface area contributed by atoms with E-state index in [0.717, 1.165) is 16.3 Å². The molecule has 0 fully saturated rings. The molecule has 4 heteroatoms. The molecule has 0 saturated carbocycles. The van der Waals surface area contributed by atoms with Gasteiger partial charge in [-0.25, -0.2) is 4.21 Å². The molecular weight excluding hydrogens is 244 g/mol. The number of nitrogens with zero attached hydrogens (tertiary/aromatic N) is 2. The minimum absolute atomic E-state index is 0.339. The SMILES string of the molecule is CC(C)(C)S(=O)N=Cc1cncc2ccccc12. The van der Waals surface area contributed by atoms with Crippen LogP contribution in [0.25, 0.3) is 10.8 Å². The van der Waals surface area contributed by atoms with Crippen molar-refractivity contribution in [3.8, 4) is 0 Å². The molecule has 0 bridgehead atoms. The first-order valence-electron chi connectivity index (χ1n) is 5.77. The zero-order chi connectivity index (χ0) is 13.2. The van der Waals surface area contributed by atoms with Gasteiger partial charge in [0.15, 0.2) is 0 Å². The van der Waals surface area contributed by atoms with Crippen LogP contribution in [0.4, 0.5) is 0 Å². The Labute approximate surface area is 110 Å². The summed E-state index contributed by atoms with van der Waals surface area (Å²) >= 11 is 0. The van der Waals surface area contributed by atoms with E-state index >= 15 is 0 Å². The molecule has 1 unspecified atom stereocenters. The van der Waals surface area contributed by atoms with Crippen molar-refractivity contribution in [2.75, 3.05) is 0 Å². The number of rotatable bonds is 2. The Morgan fingerprint density at radius 1 is 1.22 bits per heavy atom. The van der Waals surface area contributed by atoms with Crippen LogP contribution in [0.5, 0.6) is 0 Å². The molecule has 0 amide bonds. The van der Waals surface area contributed by atoms with Gasteiger partial charge in [0.05, 0.1) is 4.75 Å². The lowest BCUT2D eigenvalue weighted by Crippen LogP contribution is -2.19. The molecule has 1 aromatic carbocycles. The summed E-state index contributed by atoms with van der Waals surface area (Å²) in [6.07, 6.45) is 5.20. The molecule has 2 aromatic rings. The van der Waals surface area contributed by atoms with Crippen molar-refractivity contribution in [1.82, 2.24) is 4.98 Å². The molecular formula is C14H16N2OS. The summed E-state index contributed by atoms with van der Waals surface area (Å²) in [6, 6.07) is 7.96. The molecule has 1 atom stereocenters. The Hall–Kier alpha value is -1.55. The number of hydrogen-bond acceptors (Lipinski definition) is 2. The first kappa shape index (κ1) is 12.9. The first-order chi connectivity index (χ1) is 8.48. The van der Waals surface area contributed by atoms with E-state index in [9.17, 15) is 4.21 Å². The molecule has 18 heavy (non-hydrogen) atoms. The Kier molecular flexibility index (Phi) is 3.57. The second kappa shape index (κ2) is 4.98. The summed E-state index contributed by atoms with van der Waals surface area (Å²) < 4.78 is 15.7. The number of hydrogen-bond donors (Lipinski definition) is 0. The van der Waals surface area contributed by atoms with Crippen LogP contribution in [0.3, 0.4) is 0 Å². The topological polar surface area (TPSA) is 42.3 Å². The van der Waals surface area contributed by atoms with E-state index < -0.39 is 11.0 Å². The summed E-state index contributed by atoms with van der Waals surface area (Å²) in [5.41, 5.74) is 0.894. The molecule has 1 heterocycles. The number of pyridine rings is 1. The third-order valence-corrected chi connectivity index (χ3v) is 3.86. The van der Waals surface area contributed by atoms with E-state index in [0.29, 0.717) is 0 Å². The van der Waals surface area contributed by atoms with Crippen molar-refractivity contribution in [3.63, 3.8) is 0 Å². The molecule has 0 aliphatic heterocycles. The molecule has 0 aliphatic rings. The Morgan fingerprint density at radius 3 is 2.67 bits per heavy atom. The molecule has 0 spiro atoms. The molecule has 0 aliphatic carbocycles. The number of fused-ring (bicyclic) bond motifs is 1. The molecule has 94 valence electrons. The van der Waals surface area contributed by atoms with Crippen molar-refractivity contribution in [3.05, 3.63) is 42.2 Å². The largest absolute Gasteiger partial charge is 0.263 e. The lowest BCUT2D eigenvalue weighted by atomic mass is 10.1. The average molecular weight is 260 g/mol. The van der Waals surface area contributed by atoms with Crippen LogP contribution >= 0.6 is 0 Å². The highest BCUT2D eigenvalue weighted by Crippen LogP contribution is 2.17. The van der Waals surface area contributed by atoms with Crippen molar-refractivity contribution >= 4 is 28.0 Å². The molecule has 0 N–H and O–H groups in total. The third-order valence-electron chi connectivity index (χ3n) is 2.51. The Balaban J connectivity index is 2.38. The van der Waals surface area contributed by atoms with Gasteiger partial charge in [-0.2, -0.15) is 4.40 Å². The second-order valence-electron chi connectivity index (χ2n) is 5.05. The van der Waals surface area contributed by atoms with Crippen LogP contribution < -0.4 is 0 Å². The van der Waals surface area contributed by atoms with Gasteiger partial charge in [-0.15, -0.1) is 0 Å². The summed E-state index contributed by atoms with van der Waals surface area (Å²) in [5.74, 6) is 0. The Bertz CT molecular complexity index is 609. The van der Waals surface area contributed by atoms with Crippen LogP contribution in [-0.2, 0) is 11.0 Å². The number of benzene rings is 1. The summed E-state index contributed by atoms with van der Waals surface area (Å²) in [5, 5.41) is 2.13. The van der Waals surface area contributed by atoms with Gasteiger partial charge in [0, 0.05) is 29.6 Å². The van der Waals surface area contributed by atoms with E-state index in [1.54, 1.807) is 12.4 Å². The highest BCUT2D eigenvalue weighted by molar-refractivity contribution is 7.85. The molecule has 0 saturated heterocycles. The fraction of sp³-hybridized carbons (Fsp3) is 0.286. The van der Waals surface area contributed by atoms with Crippen LogP contribution in [0.1, 0.15) is 26.3 Å². The minimum atomic E-state index is -1.24. The van der Waals surface area contributed by atoms with Gasteiger partial charge < -0.3 is 0 Å². The lowest BCUT2D eigenvalue weighted by molar-refractivity contribution is 0.651. The van der Waals surface area contributed by atoms with Gasteiger partial charge in [-0.1, -0.05) is 24.3 Å². The van der Waals surface area contributed by atoms with Crippen molar-refractivity contribution < 1.29 is 4.21 Å². The molecule has 2 rings (SSSR count). The quantitative estimate of drug-likeness (QED) is 0.779. The van der Waals surface area contributed by atoms with Crippen molar-refractivity contribution in [1.29, 1.82) is 0 Å². The Morgan fingerprint density at radius 2 is 1.94 bits per heavy atom. The summed E-state index contributed by atoms with van der Waals surface area (Å²) in [6.45, 7) is 5.71. The van der Waals surface area contributed by atoms with Crippen LogP contribution in [-0.4, -0.2) is 20.2 Å². The smallest absolute Gasteiger partial charge is 0.144 e. The zero-order valence-corrected chi connectivity index (χ0v) is 11.6. The fourth-order valence-corrected chi connectivity index (χ4v) is 2.03. The number of aromatic nitrogens is 1. The van der Waals surface area contributed by atoms with E-state index in [2.05, 4.69) is 9.38 Å². The van der Waals surface area contributed by atoms with Crippen molar-refractivity contribution in [2.45, 2.75) is 25.5 Å². The zero-order valence-electron chi connectivity index (χ0n) is 10.8. The van der Waals surface area contributed by atoms with E-state index in [-0.39, 0.29) is 4.75 Å². The summed E-state index contributed by atoms with van der Waals surface area (Å²) in [4.78, 5) is 4.16. The van der Waals surface area contributed by atoms with Crippen LogP contribution in [0.2, 0.25) is 0 Å². The maximum atomic E-state index is 11.9. The van der Waals surface area contributed by atoms with E-state index in [4.69, 9.17) is 0 Å². The van der Waals surface area contributed by atoms with Gasteiger partial charge in [-0.05, 0) is 26.2 Å². The minimum Gasteiger partial charge on any atom is -0.263 e. The van der Waals surface area contributed by atoms with Crippen molar-refractivity contribution in [2.24, 2.45) is 4.40 Å². The third kappa shape index (κ3) is 2.82. The second-order valence-corrected chi connectivity index (χ2v) is 6.98. The lowest BCUT2D eigenvalue weighted by Gasteiger charge is -2.12. The van der Waals surface area contributed by atoms with Gasteiger partial charge >= 0.3 is 0 Å². The monoisotopic (exact) mass is 260 g/mol. The summed E-state index contributed by atoms with van der Waals surface area (Å²) in [7, 11) is -1.24. The van der Waals surface area contributed by atoms with Gasteiger partial charge in [0.1, 0.15) is 11.0 Å².